The third kappa shape index (κ3) is 3.12. The van der Waals surface area contributed by atoms with Gasteiger partial charge in [-0.25, -0.2) is 5.01 Å². The summed E-state index contributed by atoms with van der Waals surface area (Å²) in [5, 5.41) is 1.24. The molecule has 23 heavy (non-hydrogen) atoms. The molecular weight excluding hydrogens is 360 g/mol. The first-order valence-electron chi connectivity index (χ1n) is 6.85. The Morgan fingerprint density at radius 1 is 1.13 bits per heavy atom. The Morgan fingerprint density at radius 2 is 1.87 bits per heavy atom. The van der Waals surface area contributed by atoms with Gasteiger partial charge in [0.05, 0.1) is 12.8 Å². The summed E-state index contributed by atoms with van der Waals surface area (Å²) in [5.41, 5.74) is 4.01. The number of halogens is 1. The summed E-state index contributed by atoms with van der Waals surface area (Å²) < 4.78 is 5.91. The number of nitrogens with one attached hydrogen (secondary N) is 1. The molecule has 1 N–H and O–H groups in total. The van der Waals surface area contributed by atoms with Crippen LogP contribution in [-0.2, 0) is 9.59 Å². The van der Waals surface area contributed by atoms with Gasteiger partial charge < -0.3 is 4.74 Å². The maximum Gasteiger partial charge on any atom is 0.282 e. The molecule has 5 nitrogen and oxygen atoms in total. The molecule has 0 saturated carbocycles. The molecule has 0 unspecified atom stereocenters. The molecule has 1 saturated heterocycles. The van der Waals surface area contributed by atoms with Gasteiger partial charge in [-0.3, -0.25) is 15.0 Å². The van der Waals surface area contributed by atoms with Crippen molar-refractivity contribution in [2.75, 3.05) is 12.1 Å². The van der Waals surface area contributed by atoms with Gasteiger partial charge >= 0.3 is 0 Å². The zero-order valence-corrected chi connectivity index (χ0v) is 13.8. The molecule has 1 heterocycles. The smallest absolute Gasteiger partial charge is 0.282 e. The van der Waals surface area contributed by atoms with Crippen molar-refractivity contribution >= 4 is 39.5 Å². The van der Waals surface area contributed by atoms with Crippen molar-refractivity contribution in [3.8, 4) is 5.75 Å². The van der Waals surface area contributed by atoms with E-state index in [1.807, 2.05) is 6.07 Å². The van der Waals surface area contributed by atoms with Crippen molar-refractivity contribution in [2.24, 2.45) is 0 Å². The molecule has 3 rings (SSSR count). The van der Waals surface area contributed by atoms with E-state index in [1.54, 1.807) is 55.7 Å². The standard InChI is InChI=1S/C17H13BrN2O3/c1-23-14-7-5-11(6-8-14)9-15-16(21)19-20(17(15)22)13-4-2-3-12(18)10-13/h2-10H,1H3,(H,19,21)/b15-9+. The lowest BCUT2D eigenvalue weighted by Gasteiger charge is -2.14. The van der Waals surface area contributed by atoms with E-state index in [2.05, 4.69) is 21.4 Å². The third-order valence-electron chi connectivity index (χ3n) is 3.38. The average Bonchev–Trinajstić information content (AvgIpc) is 2.84. The Balaban J connectivity index is 1.90. The second kappa shape index (κ2) is 6.26. The number of rotatable bonds is 3. The second-order valence-corrected chi connectivity index (χ2v) is 5.81. The van der Waals surface area contributed by atoms with Crippen molar-refractivity contribution < 1.29 is 14.3 Å². The van der Waals surface area contributed by atoms with Gasteiger partial charge in [-0.2, -0.15) is 0 Å². The Morgan fingerprint density at radius 3 is 2.52 bits per heavy atom. The van der Waals surface area contributed by atoms with Crippen LogP contribution in [0, 0.1) is 0 Å². The van der Waals surface area contributed by atoms with Crippen molar-refractivity contribution in [2.45, 2.75) is 0 Å². The number of amides is 2. The fraction of sp³-hybridized carbons (Fsp3) is 0.0588. The summed E-state index contributed by atoms with van der Waals surface area (Å²) in [6.45, 7) is 0. The zero-order chi connectivity index (χ0) is 16.4. The number of methoxy groups -OCH3 is 1. The molecule has 0 spiro atoms. The topological polar surface area (TPSA) is 58.6 Å². The summed E-state index contributed by atoms with van der Waals surface area (Å²) in [7, 11) is 1.58. The second-order valence-electron chi connectivity index (χ2n) is 4.89. The molecule has 0 aliphatic carbocycles. The van der Waals surface area contributed by atoms with E-state index in [0.29, 0.717) is 11.4 Å². The molecule has 116 valence electrons. The van der Waals surface area contributed by atoms with Crippen LogP contribution in [0.25, 0.3) is 6.08 Å². The van der Waals surface area contributed by atoms with Crippen LogP contribution in [0.1, 0.15) is 5.56 Å². The van der Waals surface area contributed by atoms with E-state index in [4.69, 9.17) is 4.74 Å². The van der Waals surface area contributed by atoms with Crippen molar-refractivity contribution in [1.29, 1.82) is 0 Å². The number of hydrazine groups is 1. The van der Waals surface area contributed by atoms with E-state index in [-0.39, 0.29) is 11.5 Å². The van der Waals surface area contributed by atoms with Crippen LogP contribution in [0.3, 0.4) is 0 Å². The van der Waals surface area contributed by atoms with Gasteiger partial charge in [0.2, 0.25) is 0 Å². The van der Waals surface area contributed by atoms with Gasteiger partial charge in [-0.1, -0.05) is 34.1 Å². The van der Waals surface area contributed by atoms with E-state index in [9.17, 15) is 9.59 Å². The Bertz CT molecular complexity index is 800. The van der Waals surface area contributed by atoms with E-state index < -0.39 is 5.91 Å². The lowest BCUT2D eigenvalue weighted by atomic mass is 10.1. The molecule has 0 aromatic heterocycles. The Hall–Kier alpha value is -2.60. The van der Waals surface area contributed by atoms with Crippen molar-refractivity contribution in [1.82, 2.24) is 5.43 Å². The maximum atomic E-state index is 12.5. The highest BCUT2D eigenvalue weighted by atomic mass is 79.9. The predicted molar refractivity (Wildman–Crippen MR) is 90.7 cm³/mol. The van der Waals surface area contributed by atoms with Crippen molar-refractivity contribution in [3.05, 3.63) is 64.1 Å². The first kappa shape index (κ1) is 15.3. The Kier molecular flexibility index (Phi) is 4.16. The van der Waals surface area contributed by atoms with Crippen LogP contribution in [0.15, 0.2) is 58.6 Å². The van der Waals surface area contributed by atoms with Crippen LogP contribution in [0.2, 0.25) is 0 Å². The highest BCUT2D eigenvalue weighted by Gasteiger charge is 2.34. The highest BCUT2D eigenvalue weighted by Crippen LogP contribution is 2.24. The third-order valence-corrected chi connectivity index (χ3v) is 3.88. The van der Waals surface area contributed by atoms with E-state index in [1.165, 1.54) is 5.01 Å². The molecular formula is C17H13BrN2O3. The van der Waals surface area contributed by atoms with Gasteiger partial charge in [0.15, 0.2) is 0 Å². The summed E-state index contributed by atoms with van der Waals surface area (Å²) in [6.07, 6.45) is 1.56. The lowest BCUT2D eigenvalue weighted by molar-refractivity contribution is -0.117. The van der Waals surface area contributed by atoms with Gasteiger partial charge in [0.25, 0.3) is 11.8 Å². The van der Waals surface area contributed by atoms with Crippen LogP contribution in [-0.4, -0.2) is 18.9 Å². The van der Waals surface area contributed by atoms with Crippen LogP contribution in [0.5, 0.6) is 5.75 Å². The van der Waals surface area contributed by atoms with Crippen LogP contribution < -0.4 is 15.2 Å². The number of anilines is 1. The minimum atomic E-state index is -0.425. The number of carbonyl (C=O) groups is 2. The first-order valence-corrected chi connectivity index (χ1v) is 7.64. The molecule has 2 aromatic carbocycles. The summed E-state index contributed by atoms with van der Waals surface area (Å²) in [4.78, 5) is 24.6. The largest absolute Gasteiger partial charge is 0.497 e. The number of ether oxygens (including phenoxy) is 1. The van der Waals surface area contributed by atoms with E-state index in [0.717, 1.165) is 10.0 Å². The molecule has 0 atom stereocenters. The van der Waals surface area contributed by atoms with Gasteiger partial charge in [0.1, 0.15) is 11.3 Å². The molecule has 1 fully saturated rings. The molecule has 1 aliphatic heterocycles. The molecule has 2 aromatic rings. The van der Waals surface area contributed by atoms with Gasteiger partial charge in [-0.15, -0.1) is 0 Å². The number of carbonyl (C=O) groups excluding carboxylic acids is 2. The van der Waals surface area contributed by atoms with Crippen molar-refractivity contribution in [3.63, 3.8) is 0 Å². The van der Waals surface area contributed by atoms with Crippen LogP contribution >= 0.6 is 15.9 Å². The molecule has 6 heteroatoms. The predicted octanol–water partition coefficient (Wildman–Crippen LogP) is 2.92. The summed E-state index contributed by atoms with van der Waals surface area (Å²) >= 11 is 3.35. The summed E-state index contributed by atoms with van der Waals surface area (Å²) in [5.74, 6) is -0.0974. The van der Waals surface area contributed by atoms with Gasteiger partial charge in [-0.05, 0) is 42.0 Å². The number of hydrogen-bond donors (Lipinski definition) is 1. The SMILES string of the molecule is COc1ccc(/C=C2\C(=O)NN(c3cccc(Br)c3)C2=O)cc1. The zero-order valence-electron chi connectivity index (χ0n) is 12.2. The number of benzene rings is 2. The fourth-order valence-electron chi connectivity index (χ4n) is 2.22. The van der Waals surface area contributed by atoms with Gasteiger partial charge in [0, 0.05) is 4.47 Å². The highest BCUT2D eigenvalue weighted by molar-refractivity contribution is 9.10. The van der Waals surface area contributed by atoms with E-state index >= 15 is 0 Å². The number of hydrogen-bond acceptors (Lipinski definition) is 3. The minimum Gasteiger partial charge on any atom is -0.497 e. The maximum absolute atomic E-state index is 12.5. The first-order chi connectivity index (χ1) is 11.1. The lowest BCUT2D eigenvalue weighted by Crippen LogP contribution is -2.35. The average molecular weight is 373 g/mol. The minimum absolute atomic E-state index is 0.0927. The normalized spacial score (nSPS) is 15.9. The number of nitrogens with zero attached hydrogens (tertiary/aromatic N) is 1. The molecule has 1 aliphatic rings. The molecule has 0 radical (unpaired) electrons. The monoisotopic (exact) mass is 372 g/mol. The quantitative estimate of drug-likeness (QED) is 0.665. The van der Waals surface area contributed by atoms with Crippen LogP contribution in [0.4, 0.5) is 5.69 Å². The molecule has 0 bridgehead atoms. The molecule has 2 amide bonds. The Labute approximate surface area is 141 Å². The summed E-state index contributed by atoms with van der Waals surface area (Å²) in [6, 6.07) is 14.3. The fourth-order valence-corrected chi connectivity index (χ4v) is 2.61.